The van der Waals surface area contributed by atoms with Crippen LogP contribution < -0.4 is 4.90 Å². The van der Waals surface area contributed by atoms with Gasteiger partial charge in [-0.1, -0.05) is 0 Å². The van der Waals surface area contributed by atoms with Gasteiger partial charge in [0.05, 0.1) is 5.52 Å². The number of aromatic amines is 1. The molecule has 3 aromatic heterocycles. The van der Waals surface area contributed by atoms with Crippen molar-refractivity contribution in [3.63, 3.8) is 0 Å². The Morgan fingerprint density at radius 3 is 2.55 bits per heavy atom. The molecule has 1 saturated heterocycles. The molecule has 210 valence electrons. The first-order valence-corrected chi connectivity index (χ1v) is 19.0. The minimum atomic E-state index is -1.42. The molecule has 2 aliphatic heterocycles. The number of carbonyl (C=O) groups excluding carboxylic acids is 1. The molecule has 1 atom stereocenters. The first kappa shape index (κ1) is 27.2. The Morgan fingerprint density at radius 2 is 1.82 bits per heavy atom. The second-order valence-corrected chi connectivity index (χ2v) is 16.6. The predicted molar refractivity (Wildman–Crippen MR) is 164 cm³/mol. The van der Waals surface area contributed by atoms with E-state index < -0.39 is 25.4 Å². The molecule has 6 rings (SSSR count). The summed E-state index contributed by atoms with van der Waals surface area (Å²) in [5.74, 6) is 1.24. The number of piperazine rings is 1. The van der Waals surface area contributed by atoms with Gasteiger partial charge in [-0.25, -0.2) is 9.37 Å². The van der Waals surface area contributed by atoms with Crippen LogP contribution in [0.2, 0.25) is 0 Å². The fourth-order valence-corrected chi connectivity index (χ4v) is 10.4. The van der Waals surface area contributed by atoms with Crippen molar-refractivity contribution in [3.05, 3.63) is 57.7 Å². The van der Waals surface area contributed by atoms with Gasteiger partial charge in [0, 0.05) is 5.56 Å². The number of nitrogens with one attached hydrogen (secondary N) is 1. The van der Waals surface area contributed by atoms with Crippen LogP contribution >= 0.6 is 31.6 Å². The number of thioether (sulfide) groups is 1. The van der Waals surface area contributed by atoms with Gasteiger partial charge in [-0.2, -0.15) is 0 Å². The summed E-state index contributed by atoms with van der Waals surface area (Å²) in [6, 6.07) is 12.2. The summed E-state index contributed by atoms with van der Waals surface area (Å²) < 4.78 is 21.7. The number of ether oxygens (including phenoxy) is 1. The quantitative estimate of drug-likeness (QED) is 0.0986. The van der Waals surface area contributed by atoms with Crippen molar-refractivity contribution in [2.75, 3.05) is 46.7 Å². The summed E-state index contributed by atoms with van der Waals surface area (Å²) in [5, 5.41) is 0.799. The van der Waals surface area contributed by atoms with Gasteiger partial charge in [-0.15, -0.1) is 0 Å². The maximum absolute atomic E-state index is 13.3. The van der Waals surface area contributed by atoms with E-state index in [1.165, 1.54) is 15.8 Å². The molecule has 1 N–H and O–H groups in total. The van der Waals surface area contributed by atoms with Gasteiger partial charge < -0.3 is 4.98 Å². The molecule has 1 fully saturated rings. The van der Waals surface area contributed by atoms with Crippen LogP contribution in [0.25, 0.3) is 22.6 Å². The average Bonchev–Trinajstić information content (AvgIpc) is 3.38. The van der Waals surface area contributed by atoms with E-state index in [0.717, 1.165) is 32.2 Å². The number of halogens is 2. The van der Waals surface area contributed by atoms with E-state index in [1.807, 2.05) is 32.2 Å². The van der Waals surface area contributed by atoms with Gasteiger partial charge in [0.15, 0.2) is 0 Å². The summed E-state index contributed by atoms with van der Waals surface area (Å²) in [6.07, 6.45) is 1.71. The molecule has 2 aliphatic rings. The first-order chi connectivity index (χ1) is 19.2. The van der Waals surface area contributed by atoms with Crippen molar-refractivity contribution in [2.45, 2.75) is 30.5 Å². The van der Waals surface area contributed by atoms with Crippen LogP contribution in [-0.2, 0) is 4.74 Å². The Morgan fingerprint density at radius 1 is 1.07 bits per heavy atom. The van der Waals surface area contributed by atoms with Crippen molar-refractivity contribution in [1.82, 2.24) is 29.8 Å². The van der Waals surface area contributed by atoms with E-state index in [2.05, 4.69) is 25.9 Å². The van der Waals surface area contributed by atoms with E-state index in [9.17, 15) is 9.18 Å². The van der Waals surface area contributed by atoms with Crippen molar-refractivity contribution in [1.29, 1.82) is 0 Å². The molecule has 1 amide bonds. The number of aromatic nitrogens is 5. The fraction of sp³-hybridized carbons (Fsp3) is 0.393. The number of rotatable bonds is 5. The summed E-state index contributed by atoms with van der Waals surface area (Å²) in [4.78, 5) is 41.6. The zero-order chi connectivity index (χ0) is 28.0. The summed E-state index contributed by atoms with van der Waals surface area (Å²) in [6.45, 7) is 6.38. The monoisotopic (exact) mass is 675 g/mol. The summed E-state index contributed by atoms with van der Waals surface area (Å²) in [7, 11) is 0. The van der Waals surface area contributed by atoms with Gasteiger partial charge in [-0.3, -0.25) is 0 Å². The number of hydrogen-bond acceptors (Lipinski definition) is 8. The molecular weight excluding hydrogens is 644 g/mol. The third-order valence-electron chi connectivity index (χ3n) is 7.45. The molecule has 5 heterocycles. The van der Waals surface area contributed by atoms with E-state index in [4.69, 9.17) is 19.7 Å². The molecule has 1 aromatic carbocycles. The van der Waals surface area contributed by atoms with Crippen molar-refractivity contribution in [2.24, 2.45) is 0 Å². The third-order valence-corrected chi connectivity index (χ3v) is 12.6. The fourth-order valence-electron chi connectivity index (χ4n) is 5.06. The molecule has 0 saturated carbocycles. The molecule has 0 radical (unpaired) electrons. The van der Waals surface area contributed by atoms with Crippen LogP contribution in [0, 0.1) is 9.52 Å². The average molecular weight is 676 g/mol. The number of carbonyl (C=O) groups is 1. The van der Waals surface area contributed by atoms with Crippen LogP contribution in [0.15, 0.2) is 47.6 Å². The number of alkyl halides is 2. The number of fused-ring (bicyclic) bond motifs is 3. The second kappa shape index (κ2) is 10.8. The number of benzene rings is 1. The van der Waals surface area contributed by atoms with Crippen LogP contribution in [-0.4, -0.2) is 83.3 Å². The molecule has 12 heteroatoms. The molecular formula is C28H31FIN7O2S. The van der Waals surface area contributed by atoms with Gasteiger partial charge in [-0.05, 0) is 24.3 Å². The third kappa shape index (κ3) is 5.35. The van der Waals surface area contributed by atoms with Crippen LogP contribution in [0.3, 0.4) is 0 Å². The van der Waals surface area contributed by atoms with Crippen molar-refractivity contribution in [3.8, 4) is 11.4 Å². The zero-order valence-electron chi connectivity index (χ0n) is 22.8. The van der Waals surface area contributed by atoms with Gasteiger partial charge in [0.1, 0.15) is 11.6 Å². The first-order valence-electron chi connectivity index (χ1n) is 13.0. The Bertz CT molecular complexity index is 1550. The summed E-state index contributed by atoms with van der Waals surface area (Å²) in [5.41, 5.74) is 2.52. The second-order valence-electron chi connectivity index (χ2n) is 10.5. The number of nitrogens with zero attached hydrogens (tertiary/aromatic N) is 6. The molecule has 4 aromatic rings. The Kier molecular flexibility index (Phi) is 7.32. The molecule has 2 bridgehead atoms. The predicted octanol–water partition coefficient (Wildman–Crippen LogP) is 5.42. The zero-order valence-corrected chi connectivity index (χ0v) is 25.8. The minimum absolute atomic E-state index is 0.0684. The van der Waals surface area contributed by atoms with Crippen LogP contribution in [0.1, 0.15) is 25.5 Å². The Hall–Kier alpha value is -3.00. The van der Waals surface area contributed by atoms with E-state index in [-0.39, 0.29) is 17.8 Å². The van der Waals surface area contributed by atoms with Gasteiger partial charge in [0.25, 0.3) is 0 Å². The summed E-state index contributed by atoms with van der Waals surface area (Å²) >= 11 is 0.136. The van der Waals surface area contributed by atoms with E-state index in [0.29, 0.717) is 37.7 Å². The maximum atomic E-state index is 13.3. The van der Waals surface area contributed by atoms with E-state index in [1.54, 1.807) is 28.8 Å². The molecule has 0 spiro atoms. The Labute approximate surface area is 243 Å². The van der Waals surface area contributed by atoms with Gasteiger partial charge in [0.2, 0.25) is 0 Å². The molecule has 9 nitrogen and oxygen atoms in total. The standard InChI is InChI=1S/C28H31FIN7O2S/c1-28(2,19-16-30(3)22-15-21(19)32-26(33-22)40-4)39-27(38)37-13-11-36(12-14-37)23-10-9-20-25(34-23)35-24(31-20)17-5-7-18(29)8-6-17/h5-10,15,19H,11-14,16H2,1-4H3,(H,31,34,35). The number of pyridine rings is 1. The Balaban J connectivity index is 1.10. The van der Waals surface area contributed by atoms with Crippen molar-refractivity contribution < 1.29 is 13.9 Å². The number of H-pyrrole nitrogens is 1. The SMILES string of the molecule is CSc1nc2cc(n1)I(C)CC2C(C)(C)OC(=O)N1CCN(c2ccc3[nH]c(-c4ccc(F)cc4)nc3n2)CC1. The van der Waals surface area contributed by atoms with Crippen LogP contribution in [0.5, 0.6) is 0 Å². The van der Waals surface area contributed by atoms with Crippen LogP contribution in [0.4, 0.5) is 15.0 Å². The molecule has 40 heavy (non-hydrogen) atoms. The molecule has 1 unspecified atom stereocenters. The number of amides is 1. The molecule has 0 aliphatic carbocycles. The normalized spacial score (nSPS) is 18.3. The van der Waals surface area contributed by atoms with E-state index >= 15 is 0 Å². The topological polar surface area (TPSA) is 100 Å². The number of anilines is 1. The van der Waals surface area contributed by atoms with Gasteiger partial charge >= 0.3 is 183 Å². The number of hydrogen-bond donors (Lipinski definition) is 1. The number of imidazole rings is 1. The van der Waals surface area contributed by atoms with Crippen molar-refractivity contribution >= 4 is 54.7 Å².